The van der Waals surface area contributed by atoms with Crippen LogP contribution in [0.4, 0.5) is 0 Å². The van der Waals surface area contributed by atoms with E-state index >= 15 is 0 Å². The minimum Gasteiger partial charge on any atom is -0.377 e. The topological polar surface area (TPSA) is 38.5 Å². The molecule has 0 aliphatic carbocycles. The van der Waals surface area contributed by atoms with Gasteiger partial charge >= 0.3 is 0 Å². The number of rotatable bonds is 5. The maximum absolute atomic E-state index is 6.12. The first kappa shape index (κ1) is 14.6. The Morgan fingerprint density at radius 2 is 2.17 bits per heavy atom. The van der Waals surface area contributed by atoms with E-state index in [1.807, 2.05) is 0 Å². The van der Waals surface area contributed by atoms with Crippen LogP contribution in [0.5, 0.6) is 0 Å². The van der Waals surface area contributed by atoms with Crippen molar-refractivity contribution in [3.63, 3.8) is 0 Å². The third-order valence-electron chi connectivity index (χ3n) is 4.41. The molecular formula is C14H28N2OS. The minimum atomic E-state index is 0.277. The van der Waals surface area contributed by atoms with Crippen molar-refractivity contribution in [2.75, 3.05) is 37.7 Å². The van der Waals surface area contributed by atoms with Crippen LogP contribution in [0.2, 0.25) is 0 Å². The summed E-state index contributed by atoms with van der Waals surface area (Å²) in [4.78, 5) is 2.65. The fraction of sp³-hybridized carbons (Fsp3) is 1.00. The van der Waals surface area contributed by atoms with Crippen molar-refractivity contribution in [3.05, 3.63) is 0 Å². The van der Waals surface area contributed by atoms with Gasteiger partial charge < -0.3 is 10.5 Å². The Bertz CT molecular complexity index is 244. The van der Waals surface area contributed by atoms with Gasteiger partial charge in [-0.2, -0.15) is 11.8 Å². The first-order valence-electron chi connectivity index (χ1n) is 7.45. The summed E-state index contributed by atoms with van der Waals surface area (Å²) in [5.74, 6) is 2.54. The lowest BCUT2D eigenvalue weighted by molar-refractivity contribution is -0.0388. The van der Waals surface area contributed by atoms with E-state index in [0.29, 0.717) is 6.10 Å². The first-order valence-corrected chi connectivity index (χ1v) is 8.61. The molecule has 106 valence electrons. The molecule has 2 N–H and O–H groups in total. The number of ether oxygens (including phenoxy) is 1. The van der Waals surface area contributed by atoms with E-state index in [9.17, 15) is 0 Å². The third-order valence-corrected chi connectivity index (χ3v) is 5.40. The number of nitrogens with zero attached hydrogens (tertiary/aromatic N) is 1. The molecule has 2 fully saturated rings. The largest absolute Gasteiger partial charge is 0.377 e. The summed E-state index contributed by atoms with van der Waals surface area (Å²) in [5.41, 5.74) is 6.40. The van der Waals surface area contributed by atoms with Gasteiger partial charge in [-0.25, -0.2) is 0 Å². The van der Waals surface area contributed by atoms with Crippen LogP contribution < -0.4 is 5.73 Å². The molecule has 0 radical (unpaired) electrons. The predicted molar refractivity (Wildman–Crippen MR) is 79.2 cm³/mol. The van der Waals surface area contributed by atoms with Crippen molar-refractivity contribution in [2.45, 2.75) is 50.7 Å². The summed E-state index contributed by atoms with van der Waals surface area (Å²) >= 11 is 2.08. The molecule has 18 heavy (non-hydrogen) atoms. The van der Waals surface area contributed by atoms with Crippen molar-refractivity contribution >= 4 is 11.8 Å². The molecule has 2 aliphatic heterocycles. The van der Waals surface area contributed by atoms with Gasteiger partial charge in [0.15, 0.2) is 0 Å². The molecule has 2 saturated heterocycles. The summed E-state index contributed by atoms with van der Waals surface area (Å²) in [6.45, 7) is 6.22. The molecule has 2 rings (SSSR count). The average molecular weight is 272 g/mol. The van der Waals surface area contributed by atoms with E-state index in [0.717, 1.165) is 26.1 Å². The van der Waals surface area contributed by atoms with Crippen LogP contribution >= 0.6 is 11.8 Å². The summed E-state index contributed by atoms with van der Waals surface area (Å²) in [6.07, 6.45) is 6.57. The lowest BCUT2D eigenvalue weighted by Crippen LogP contribution is -2.59. The van der Waals surface area contributed by atoms with Crippen molar-refractivity contribution in [1.82, 2.24) is 4.90 Å². The minimum absolute atomic E-state index is 0.277. The highest BCUT2D eigenvalue weighted by Crippen LogP contribution is 2.34. The zero-order valence-corrected chi connectivity index (χ0v) is 12.5. The normalized spacial score (nSPS) is 29.3. The number of hydrogen-bond acceptors (Lipinski definition) is 4. The number of hydrogen-bond donors (Lipinski definition) is 1. The van der Waals surface area contributed by atoms with E-state index in [1.165, 1.54) is 43.7 Å². The van der Waals surface area contributed by atoms with E-state index < -0.39 is 0 Å². The summed E-state index contributed by atoms with van der Waals surface area (Å²) < 4.78 is 5.95. The second kappa shape index (κ2) is 7.13. The highest BCUT2D eigenvalue weighted by molar-refractivity contribution is 7.99. The number of thioether (sulfide) groups is 1. The Morgan fingerprint density at radius 3 is 2.83 bits per heavy atom. The van der Waals surface area contributed by atoms with Crippen LogP contribution in [-0.2, 0) is 4.74 Å². The fourth-order valence-corrected chi connectivity index (χ4v) is 4.44. The zero-order chi connectivity index (χ0) is 12.8. The molecular weight excluding hydrogens is 244 g/mol. The van der Waals surface area contributed by atoms with Gasteiger partial charge in [-0.1, -0.05) is 6.92 Å². The Hall–Kier alpha value is 0.230. The lowest BCUT2D eigenvalue weighted by atomic mass is 9.87. The summed E-state index contributed by atoms with van der Waals surface area (Å²) in [6, 6.07) is 0. The second-order valence-corrected chi connectivity index (χ2v) is 6.85. The molecule has 1 atom stereocenters. The monoisotopic (exact) mass is 272 g/mol. The van der Waals surface area contributed by atoms with Crippen LogP contribution in [0.25, 0.3) is 0 Å². The van der Waals surface area contributed by atoms with Gasteiger partial charge in [-0.3, -0.25) is 4.90 Å². The fourth-order valence-electron chi connectivity index (χ4n) is 3.19. The number of likely N-dealkylation sites (tertiary alicyclic amines) is 1. The highest BCUT2D eigenvalue weighted by atomic mass is 32.2. The predicted octanol–water partition coefficient (Wildman–Crippen LogP) is 2.10. The molecule has 2 aliphatic rings. The van der Waals surface area contributed by atoms with Gasteiger partial charge in [0.2, 0.25) is 0 Å². The second-order valence-electron chi connectivity index (χ2n) is 5.62. The van der Waals surface area contributed by atoms with Crippen LogP contribution in [0.1, 0.15) is 39.0 Å². The zero-order valence-electron chi connectivity index (χ0n) is 11.7. The molecule has 0 spiro atoms. The van der Waals surface area contributed by atoms with E-state index in [4.69, 9.17) is 10.5 Å². The van der Waals surface area contributed by atoms with E-state index in [1.54, 1.807) is 0 Å². The smallest absolute Gasteiger partial charge is 0.0702 e. The summed E-state index contributed by atoms with van der Waals surface area (Å²) in [7, 11) is 0. The van der Waals surface area contributed by atoms with Gasteiger partial charge in [0.25, 0.3) is 0 Å². The third kappa shape index (κ3) is 3.41. The van der Waals surface area contributed by atoms with Gasteiger partial charge in [-0.05, 0) is 50.2 Å². The van der Waals surface area contributed by atoms with Crippen molar-refractivity contribution in [2.24, 2.45) is 5.73 Å². The molecule has 0 aromatic rings. The molecule has 0 saturated carbocycles. The van der Waals surface area contributed by atoms with Gasteiger partial charge in [-0.15, -0.1) is 0 Å². The van der Waals surface area contributed by atoms with Crippen molar-refractivity contribution < 1.29 is 4.74 Å². The standard InChI is InChI=1S/C14H28N2OS/c1-2-8-17-13-4-3-7-16(11-13)14(12-15)5-9-18-10-6-14/h13H,2-12,15H2,1H3. The lowest BCUT2D eigenvalue weighted by Gasteiger charge is -2.49. The molecule has 3 nitrogen and oxygen atoms in total. The first-order chi connectivity index (χ1) is 8.80. The Balaban J connectivity index is 1.93. The van der Waals surface area contributed by atoms with Crippen LogP contribution in [0, 0.1) is 0 Å². The molecule has 4 heteroatoms. The van der Waals surface area contributed by atoms with Crippen molar-refractivity contribution in [3.8, 4) is 0 Å². The SMILES string of the molecule is CCCOC1CCCN(C2(CN)CCSCC2)C1. The van der Waals surface area contributed by atoms with Crippen molar-refractivity contribution in [1.29, 1.82) is 0 Å². The van der Waals surface area contributed by atoms with Gasteiger partial charge in [0, 0.05) is 25.2 Å². The van der Waals surface area contributed by atoms with Gasteiger partial charge in [0.05, 0.1) is 6.10 Å². The number of piperidine rings is 1. The Morgan fingerprint density at radius 1 is 1.39 bits per heavy atom. The quantitative estimate of drug-likeness (QED) is 0.832. The Labute approximate surface area is 116 Å². The molecule has 2 heterocycles. The van der Waals surface area contributed by atoms with Crippen LogP contribution in [-0.4, -0.2) is 54.3 Å². The Kier molecular flexibility index (Phi) is 5.80. The molecule has 1 unspecified atom stereocenters. The average Bonchev–Trinajstić information content (AvgIpc) is 2.46. The maximum atomic E-state index is 6.12. The van der Waals surface area contributed by atoms with Crippen LogP contribution in [0.3, 0.4) is 0 Å². The van der Waals surface area contributed by atoms with Crippen LogP contribution in [0.15, 0.2) is 0 Å². The molecule has 0 aromatic carbocycles. The molecule has 0 aromatic heterocycles. The molecule has 0 bridgehead atoms. The van der Waals surface area contributed by atoms with E-state index in [-0.39, 0.29) is 5.54 Å². The van der Waals surface area contributed by atoms with E-state index in [2.05, 4.69) is 23.6 Å². The maximum Gasteiger partial charge on any atom is 0.0702 e. The van der Waals surface area contributed by atoms with Gasteiger partial charge in [0.1, 0.15) is 0 Å². The summed E-state index contributed by atoms with van der Waals surface area (Å²) in [5, 5.41) is 0. The highest BCUT2D eigenvalue weighted by Gasteiger charge is 2.39. The number of nitrogens with two attached hydrogens (primary N) is 1. The molecule has 0 amide bonds.